The van der Waals surface area contributed by atoms with E-state index < -0.39 is 0 Å². The molecule has 3 N–H and O–H groups in total. The van der Waals surface area contributed by atoms with E-state index in [0.29, 0.717) is 12.4 Å². The standard InChI is InChI=1S/C7H16N2O/c1-7(2,3)6(8)9-4-5-10/h10H,4-5H2,1-3H3,(H2,8,9). The highest BCUT2D eigenvalue weighted by Gasteiger charge is 2.15. The van der Waals surface area contributed by atoms with Crippen molar-refractivity contribution in [1.82, 2.24) is 5.32 Å². The maximum atomic E-state index is 8.42. The minimum absolute atomic E-state index is 0.0818. The van der Waals surface area contributed by atoms with Gasteiger partial charge >= 0.3 is 0 Å². The molecule has 0 atom stereocenters. The van der Waals surface area contributed by atoms with Gasteiger partial charge in [-0.3, -0.25) is 5.41 Å². The third-order valence-electron chi connectivity index (χ3n) is 1.16. The van der Waals surface area contributed by atoms with Gasteiger partial charge in [0, 0.05) is 12.0 Å². The maximum Gasteiger partial charge on any atom is 0.0987 e. The van der Waals surface area contributed by atoms with Crippen LogP contribution in [0.2, 0.25) is 0 Å². The van der Waals surface area contributed by atoms with E-state index in [9.17, 15) is 0 Å². The Morgan fingerprint density at radius 2 is 2.00 bits per heavy atom. The first-order valence-electron chi connectivity index (χ1n) is 3.42. The first-order valence-corrected chi connectivity index (χ1v) is 3.42. The second-order valence-electron chi connectivity index (χ2n) is 3.28. The molecule has 0 aromatic carbocycles. The van der Waals surface area contributed by atoms with Gasteiger partial charge in [0.05, 0.1) is 12.4 Å². The first-order chi connectivity index (χ1) is 4.48. The van der Waals surface area contributed by atoms with E-state index in [1.54, 1.807) is 0 Å². The molecule has 0 amide bonds. The lowest BCUT2D eigenvalue weighted by Crippen LogP contribution is -2.35. The fourth-order valence-electron chi connectivity index (χ4n) is 0.446. The average molecular weight is 144 g/mol. The van der Waals surface area contributed by atoms with Crippen molar-refractivity contribution in [1.29, 1.82) is 5.41 Å². The molecular weight excluding hydrogens is 128 g/mol. The minimum Gasteiger partial charge on any atom is -0.395 e. The van der Waals surface area contributed by atoms with E-state index >= 15 is 0 Å². The lowest BCUT2D eigenvalue weighted by Gasteiger charge is -2.20. The molecule has 0 heterocycles. The number of aliphatic hydroxyl groups is 1. The highest BCUT2D eigenvalue weighted by molar-refractivity contribution is 5.83. The van der Waals surface area contributed by atoms with Gasteiger partial charge in [-0.05, 0) is 0 Å². The summed E-state index contributed by atoms with van der Waals surface area (Å²) in [7, 11) is 0. The second-order valence-corrected chi connectivity index (χ2v) is 3.28. The quantitative estimate of drug-likeness (QED) is 0.392. The molecule has 0 fully saturated rings. The highest BCUT2D eigenvalue weighted by Crippen LogP contribution is 2.12. The van der Waals surface area contributed by atoms with Crippen LogP contribution in [0.15, 0.2) is 0 Å². The molecule has 0 radical (unpaired) electrons. The van der Waals surface area contributed by atoms with Crippen molar-refractivity contribution in [2.24, 2.45) is 5.41 Å². The molecule has 0 aromatic heterocycles. The Kier molecular flexibility index (Phi) is 3.36. The molecule has 3 nitrogen and oxygen atoms in total. The van der Waals surface area contributed by atoms with E-state index in [1.807, 2.05) is 20.8 Å². The largest absolute Gasteiger partial charge is 0.395 e. The number of hydrogen-bond acceptors (Lipinski definition) is 2. The maximum absolute atomic E-state index is 8.42. The molecule has 0 saturated heterocycles. The number of rotatable bonds is 2. The third-order valence-corrected chi connectivity index (χ3v) is 1.16. The van der Waals surface area contributed by atoms with Crippen molar-refractivity contribution in [3.63, 3.8) is 0 Å². The summed E-state index contributed by atoms with van der Waals surface area (Å²) in [5.74, 6) is 0.474. The fraction of sp³-hybridized carbons (Fsp3) is 0.857. The molecule has 60 valence electrons. The summed E-state index contributed by atoms with van der Waals surface area (Å²) in [6.45, 7) is 6.42. The normalized spacial score (nSPS) is 11.2. The summed E-state index contributed by atoms with van der Waals surface area (Å²) in [5.41, 5.74) is -0.130. The Hall–Kier alpha value is -0.570. The van der Waals surface area contributed by atoms with Crippen molar-refractivity contribution in [2.45, 2.75) is 20.8 Å². The van der Waals surface area contributed by atoms with Gasteiger partial charge in [-0.25, -0.2) is 0 Å². The average Bonchev–Trinajstić information content (AvgIpc) is 1.80. The molecule has 0 unspecified atom stereocenters. The van der Waals surface area contributed by atoms with Crippen molar-refractivity contribution >= 4 is 5.84 Å². The second kappa shape index (κ2) is 3.56. The van der Waals surface area contributed by atoms with E-state index in [2.05, 4.69) is 5.32 Å². The molecule has 10 heavy (non-hydrogen) atoms. The Morgan fingerprint density at radius 3 is 2.30 bits per heavy atom. The van der Waals surface area contributed by atoms with Gasteiger partial charge in [-0.15, -0.1) is 0 Å². The van der Waals surface area contributed by atoms with Crippen molar-refractivity contribution in [2.75, 3.05) is 13.2 Å². The monoisotopic (exact) mass is 144 g/mol. The number of amidine groups is 1. The summed E-state index contributed by atoms with van der Waals surface area (Å²) in [6.07, 6.45) is 0. The summed E-state index contributed by atoms with van der Waals surface area (Å²) >= 11 is 0. The van der Waals surface area contributed by atoms with Gasteiger partial charge in [0.25, 0.3) is 0 Å². The van der Waals surface area contributed by atoms with E-state index in [4.69, 9.17) is 10.5 Å². The predicted octanol–water partition coefficient (Wildman–Crippen LogP) is 0.592. The van der Waals surface area contributed by atoms with Crippen molar-refractivity contribution in [3.8, 4) is 0 Å². The lowest BCUT2D eigenvalue weighted by atomic mass is 9.95. The molecule has 0 aliphatic carbocycles. The van der Waals surface area contributed by atoms with Crippen LogP contribution in [0.25, 0.3) is 0 Å². The molecule has 0 spiro atoms. The van der Waals surface area contributed by atoms with Crippen LogP contribution in [0.4, 0.5) is 0 Å². The summed E-state index contributed by atoms with van der Waals surface area (Å²) < 4.78 is 0. The van der Waals surface area contributed by atoms with Crippen LogP contribution in [0.3, 0.4) is 0 Å². The van der Waals surface area contributed by atoms with Gasteiger partial charge in [-0.2, -0.15) is 0 Å². The zero-order valence-corrected chi connectivity index (χ0v) is 6.86. The predicted molar refractivity (Wildman–Crippen MR) is 42.3 cm³/mol. The van der Waals surface area contributed by atoms with Crippen LogP contribution in [0, 0.1) is 10.8 Å². The molecule has 0 bridgehead atoms. The van der Waals surface area contributed by atoms with Crippen molar-refractivity contribution in [3.05, 3.63) is 0 Å². The topological polar surface area (TPSA) is 56.1 Å². The minimum atomic E-state index is -0.130. The molecule has 0 aromatic rings. The number of aliphatic hydroxyl groups excluding tert-OH is 1. The van der Waals surface area contributed by atoms with Crippen LogP contribution >= 0.6 is 0 Å². The Labute approximate surface area is 62.0 Å². The van der Waals surface area contributed by atoms with E-state index in [0.717, 1.165) is 0 Å². The van der Waals surface area contributed by atoms with Crippen molar-refractivity contribution < 1.29 is 5.11 Å². The zero-order chi connectivity index (χ0) is 8.20. The van der Waals surface area contributed by atoms with E-state index in [1.165, 1.54) is 0 Å². The van der Waals surface area contributed by atoms with Crippen LogP contribution in [0.1, 0.15) is 20.8 Å². The van der Waals surface area contributed by atoms with Gasteiger partial charge in [0.15, 0.2) is 0 Å². The van der Waals surface area contributed by atoms with Crippen LogP contribution in [0.5, 0.6) is 0 Å². The van der Waals surface area contributed by atoms with Crippen LogP contribution in [-0.2, 0) is 0 Å². The van der Waals surface area contributed by atoms with Crippen LogP contribution in [-0.4, -0.2) is 24.1 Å². The fourth-order valence-corrected chi connectivity index (χ4v) is 0.446. The van der Waals surface area contributed by atoms with E-state index in [-0.39, 0.29) is 12.0 Å². The molecule has 0 rings (SSSR count). The summed E-state index contributed by atoms with van der Waals surface area (Å²) in [5, 5.41) is 18.6. The number of nitrogens with one attached hydrogen (secondary N) is 2. The Bertz CT molecular complexity index is 115. The smallest absolute Gasteiger partial charge is 0.0987 e. The molecule has 3 heteroatoms. The zero-order valence-electron chi connectivity index (χ0n) is 6.86. The number of hydrogen-bond donors (Lipinski definition) is 3. The SMILES string of the molecule is CC(C)(C)C(=N)NCCO. The molecular formula is C7H16N2O. The highest BCUT2D eigenvalue weighted by atomic mass is 16.3. The Morgan fingerprint density at radius 1 is 1.50 bits per heavy atom. The van der Waals surface area contributed by atoms with Gasteiger partial charge in [0.1, 0.15) is 0 Å². The van der Waals surface area contributed by atoms with Crippen LogP contribution < -0.4 is 5.32 Å². The summed E-state index contributed by atoms with van der Waals surface area (Å²) in [4.78, 5) is 0. The third kappa shape index (κ3) is 3.45. The molecule has 0 aliphatic rings. The lowest BCUT2D eigenvalue weighted by molar-refractivity contribution is 0.298. The van der Waals surface area contributed by atoms with Gasteiger partial charge in [0.2, 0.25) is 0 Å². The van der Waals surface area contributed by atoms with Gasteiger partial charge in [-0.1, -0.05) is 20.8 Å². The summed E-state index contributed by atoms with van der Waals surface area (Å²) in [6, 6.07) is 0. The molecule has 0 saturated carbocycles. The molecule has 0 aliphatic heterocycles. The Balaban J connectivity index is 3.64. The first kappa shape index (κ1) is 9.43. The van der Waals surface area contributed by atoms with Gasteiger partial charge < -0.3 is 10.4 Å².